The number of anilines is 1. The van der Waals surface area contributed by atoms with Gasteiger partial charge >= 0.3 is 0 Å². The lowest BCUT2D eigenvalue weighted by atomic mass is 9.94. The van der Waals surface area contributed by atoms with Crippen LogP contribution in [0.15, 0.2) is 12.1 Å². The number of hydrogen-bond donors (Lipinski definition) is 1. The van der Waals surface area contributed by atoms with Crippen LogP contribution in [0.5, 0.6) is 11.5 Å². The SMILES string of the molecule is CC(=O)c1cc2c(cc1NC(=O)C(C)(C)CCl)OCO2. The summed E-state index contributed by atoms with van der Waals surface area (Å²) < 4.78 is 10.5. The van der Waals surface area contributed by atoms with Gasteiger partial charge in [-0.1, -0.05) is 0 Å². The van der Waals surface area contributed by atoms with E-state index in [2.05, 4.69) is 5.32 Å². The Morgan fingerprint density at radius 3 is 2.45 bits per heavy atom. The fourth-order valence-corrected chi connectivity index (χ4v) is 1.81. The first-order chi connectivity index (χ1) is 9.35. The Labute approximate surface area is 122 Å². The van der Waals surface area contributed by atoms with E-state index in [1.165, 1.54) is 6.92 Å². The van der Waals surface area contributed by atoms with E-state index in [0.29, 0.717) is 22.7 Å². The van der Waals surface area contributed by atoms with E-state index in [4.69, 9.17) is 21.1 Å². The summed E-state index contributed by atoms with van der Waals surface area (Å²) in [5.74, 6) is 0.772. The second kappa shape index (κ2) is 5.32. The summed E-state index contributed by atoms with van der Waals surface area (Å²) in [6.45, 7) is 5.00. The molecule has 2 rings (SSSR count). The maximum Gasteiger partial charge on any atom is 0.231 e. The highest BCUT2D eigenvalue weighted by Crippen LogP contribution is 2.37. The van der Waals surface area contributed by atoms with Crippen LogP contribution >= 0.6 is 11.6 Å². The molecule has 0 spiro atoms. The molecule has 5 nitrogen and oxygen atoms in total. The quantitative estimate of drug-likeness (QED) is 0.685. The van der Waals surface area contributed by atoms with E-state index in [1.807, 2.05) is 0 Å². The molecule has 0 aromatic heterocycles. The molecule has 0 fully saturated rings. The number of Topliss-reactive ketones (excluding diaryl/α,β-unsaturated/α-hetero) is 1. The van der Waals surface area contributed by atoms with Crippen LogP contribution in [-0.4, -0.2) is 24.4 Å². The van der Waals surface area contributed by atoms with Crippen molar-refractivity contribution in [3.8, 4) is 11.5 Å². The molecule has 0 unspecified atom stereocenters. The van der Waals surface area contributed by atoms with Gasteiger partial charge in [0.05, 0.1) is 11.1 Å². The molecule has 1 heterocycles. The van der Waals surface area contributed by atoms with Crippen molar-refractivity contribution in [2.45, 2.75) is 20.8 Å². The second-order valence-electron chi connectivity index (χ2n) is 5.28. The number of rotatable bonds is 4. The predicted octanol–water partition coefficient (Wildman–Crippen LogP) is 2.82. The van der Waals surface area contributed by atoms with Crippen LogP contribution in [0.2, 0.25) is 0 Å². The van der Waals surface area contributed by atoms with Crippen molar-refractivity contribution < 1.29 is 19.1 Å². The number of hydrogen-bond acceptors (Lipinski definition) is 4. The molecule has 1 aromatic carbocycles. The topological polar surface area (TPSA) is 64.6 Å². The van der Waals surface area contributed by atoms with Gasteiger partial charge in [-0.15, -0.1) is 11.6 Å². The third kappa shape index (κ3) is 2.72. The largest absolute Gasteiger partial charge is 0.454 e. The van der Waals surface area contributed by atoms with Crippen molar-refractivity contribution in [1.29, 1.82) is 0 Å². The molecule has 1 amide bonds. The predicted molar refractivity (Wildman–Crippen MR) is 75.7 cm³/mol. The van der Waals surface area contributed by atoms with Crippen molar-refractivity contribution in [1.82, 2.24) is 0 Å². The molecular formula is C14H16ClNO4. The van der Waals surface area contributed by atoms with Gasteiger partial charge in [0.1, 0.15) is 0 Å². The fraction of sp³-hybridized carbons (Fsp3) is 0.429. The van der Waals surface area contributed by atoms with Crippen molar-refractivity contribution >= 4 is 29.0 Å². The van der Waals surface area contributed by atoms with E-state index in [0.717, 1.165) is 0 Å². The van der Waals surface area contributed by atoms with Crippen molar-refractivity contribution in [3.05, 3.63) is 17.7 Å². The number of halogens is 1. The van der Waals surface area contributed by atoms with E-state index in [-0.39, 0.29) is 24.4 Å². The molecule has 6 heteroatoms. The normalized spacial score (nSPS) is 13.2. The molecule has 0 saturated heterocycles. The van der Waals surface area contributed by atoms with Gasteiger partial charge in [-0.05, 0) is 26.8 Å². The number of nitrogens with one attached hydrogen (secondary N) is 1. The zero-order valence-electron chi connectivity index (χ0n) is 11.6. The first-order valence-electron chi connectivity index (χ1n) is 6.17. The standard InChI is InChI=1S/C14H16ClNO4/c1-8(17)9-4-11-12(20-7-19-11)5-10(9)16-13(18)14(2,3)6-15/h4-5H,6-7H2,1-3H3,(H,16,18). The lowest BCUT2D eigenvalue weighted by Crippen LogP contribution is -2.32. The number of carbonyl (C=O) groups excluding carboxylic acids is 2. The second-order valence-corrected chi connectivity index (χ2v) is 5.55. The molecule has 1 N–H and O–H groups in total. The Hall–Kier alpha value is -1.75. The maximum absolute atomic E-state index is 12.2. The van der Waals surface area contributed by atoms with Gasteiger partial charge in [-0.2, -0.15) is 0 Å². The first kappa shape index (κ1) is 14.7. The summed E-state index contributed by atoms with van der Waals surface area (Å²) in [5, 5.41) is 2.73. The van der Waals surface area contributed by atoms with E-state index >= 15 is 0 Å². The van der Waals surface area contributed by atoms with Gasteiger partial charge in [0.15, 0.2) is 17.3 Å². The lowest BCUT2D eigenvalue weighted by Gasteiger charge is -2.21. The molecule has 1 aliphatic rings. The number of amides is 1. The van der Waals surface area contributed by atoms with Crippen molar-refractivity contribution in [2.24, 2.45) is 5.41 Å². The zero-order chi connectivity index (χ0) is 14.9. The Morgan fingerprint density at radius 2 is 1.90 bits per heavy atom. The van der Waals surface area contributed by atoms with E-state index < -0.39 is 5.41 Å². The fourth-order valence-electron chi connectivity index (χ4n) is 1.69. The number of alkyl halides is 1. The van der Waals surface area contributed by atoms with Crippen molar-refractivity contribution in [3.63, 3.8) is 0 Å². The van der Waals surface area contributed by atoms with Gasteiger partial charge in [0.25, 0.3) is 0 Å². The molecule has 0 saturated carbocycles. The van der Waals surface area contributed by atoms with E-state index in [9.17, 15) is 9.59 Å². The Balaban J connectivity index is 2.36. The van der Waals surface area contributed by atoms with Crippen LogP contribution in [-0.2, 0) is 4.79 Å². The molecule has 0 aliphatic carbocycles. The molecular weight excluding hydrogens is 282 g/mol. The molecule has 0 bridgehead atoms. The van der Waals surface area contributed by atoms with Gasteiger partial charge in [-0.25, -0.2) is 0 Å². The van der Waals surface area contributed by atoms with Crippen molar-refractivity contribution in [2.75, 3.05) is 18.0 Å². The Bertz CT molecular complexity index is 569. The average Bonchev–Trinajstić information content (AvgIpc) is 2.84. The summed E-state index contributed by atoms with van der Waals surface area (Å²) in [7, 11) is 0. The zero-order valence-corrected chi connectivity index (χ0v) is 12.3. The van der Waals surface area contributed by atoms with Gasteiger partial charge in [0.2, 0.25) is 12.7 Å². The minimum absolute atomic E-state index is 0.108. The molecule has 1 aliphatic heterocycles. The highest BCUT2D eigenvalue weighted by Gasteiger charge is 2.28. The van der Waals surface area contributed by atoms with Crippen LogP contribution < -0.4 is 14.8 Å². The summed E-state index contributed by atoms with van der Waals surface area (Å²) in [4.78, 5) is 23.9. The number of benzene rings is 1. The Kier molecular flexibility index (Phi) is 3.90. The van der Waals surface area contributed by atoms with Crippen LogP contribution in [0.25, 0.3) is 0 Å². The van der Waals surface area contributed by atoms with Crippen LogP contribution in [0, 0.1) is 5.41 Å². The van der Waals surface area contributed by atoms with Crippen LogP contribution in [0.1, 0.15) is 31.1 Å². The minimum atomic E-state index is -0.730. The molecule has 1 aromatic rings. The lowest BCUT2D eigenvalue weighted by molar-refractivity contribution is -0.122. The molecule has 0 atom stereocenters. The first-order valence-corrected chi connectivity index (χ1v) is 6.70. The summed E-state index contributed by atoms with van der Waals surface area (Å²) in [5.41, 5.74) is 0.0596. The van der Waals surface area contributed by atoms with Gasteiger partial charge < -0.3 is 14.8 Å². The van der Waals surface area contributed by atoms with Crippen LogP contribution in [0.4, 0.5) is 5.69 Å². The minimum Gasteiger partial charge on any atom is -0.454 e. The summed E-state index contributed by atoms with van der Waals surface area (Å²) >= 11 is 5.78. The Morgan fingerprint density at radius 1 is 1.30 bits per heavy atom. The third-order valence-corrected chi connectivity index (χ3v) is 3.76. The third-order valence-electron chi connectivity index (χ3n) is 3.09. The molecule has 0 radical (unpaired) electrons. The highest BCUT2D eigenvalue weighted by molar-refractivity contribution is 6.20. The number of ketones is 1. The maximum atomic E-state index is 12.2. The number of ether oxygens (including phenoxy) is 2. The van der Waals surface area contributed by atoms with Gasteiger partial charge in [0, 0.05) is 17.5 Å². The summed E-state index contributed by atoms with van der Waals surface area (Å²) in [6, 6.07) is 3.18. The van der Waals surface area contributed by atoms with Gasteiger partial charge in [-0.3, -0.25) is 9.59 Å². The molecule has 108 valence electrons. The molecule has 20 heavy (non-hydrogen) atoms. The average molecular weight is 298 g/mol. The van der Waals surface area contributed by atoms with Crippen LogP contribution in [0.3, 0.4) is 0 Å². The summed E-state index contributed by atoms with van der Waals surface area (Å²) in [6.07, 6.45) is 0. The monoisotopic (exact) mass is 297 g/mol. The highest BCUT2D eigenvalue weighted by atomic mass is 35.5. The number of carbonyl (C=O) groups is 2. The van der Waals surface area contributed by atoms with E-state index in [1.54, 1.807) is 26.0 Å². The number of fused-ring (bicyclic) bond motifs is 1. The smallest absolute Gasteiger partial charge is 0.231 e.